The fraction of sp³-hybridized carbons (Fsp3) is 0.467. The van der Waals surface area contributed by atoms with Gasteiger partial charge in [-0.1, -0.05) is 60.7 Å². The molecule has 2 N–H and O–H groups in total. The molecule has 8 heteroatoms. The number of nitrogens with zero attached hydrogens (tertiary/aromatic N) is 2. The topological polar surface area (TPSA) is 98.8 Å². The van der Waals surface area contributed by atoms with Crippen molar-refractivity contribution in [2.45, 2.75) is 69.1 Å². The maximum Gasteiger partial charge on any atom is 0.246 e. The van der Waals surface area contributed by atoms with Gasteiger partial charge in [0.15, 0.2) is 5.78 Å². The zero-order valence-corrected chi connectivity index (χ0v) is 21.7. The van der Waals surface area contributed by atoms with Gasteiger partial charge in [0.25, 0.3) is 0 Å². The van der Waals surface area contributed by atoms with Crippen LogP contribution in [0.3, 0.4) is 0 Å². The molecule has 2 aromatic carbocycles. The number of ketones is 1. The first-order valence-corrected chi connectivity index (χ1v) is 13.7. The van der Waals surface area contributed by atoms with Gasteiger partial charge < -0.3 is 20.4 Å². The van der Waals surface area contributed by atoms with Crippen LogP contribution in [0.25, 0.3) is 0 Å². The predicted molar refractivity (Wildman–Crippen MR) is 143 cm³/mol. The number of fused-ring (bicyclic) bond motifs is 2. The van der Waals surface area contributed by atoms with Gasteiger partial charge in [0.1, 0.15) is 12.1 Å². The molecule has 0 aliphatic carbocycles. The minimum Gasteiger partial charge on any atom is -0.344 e. The monoisotopic (exact) mass is 516 g/mol. The molecule has 0 bridgehead atoms. The van der Waals surface area contributed by atoms with Crippen LogP contribution in [-0.4, -0.2) is 77.1 Å². The Morgan fingerprint density at radius 2 is 1.29 bits per heavy atom. The van der Waals surface area contributed by atoms with Crippen molar-refractivity contribution in [1.29, 1.82) is 0 Å². The predicted octanol–water partition coefficient (Wildman–Crippen LogP) is 1.87. The molecule has 8 nitrogen and oxygen atoms in total. The molecule has 38 heavy (non-hydrogen) atoms. The quantitative estimate of drug-likeness (QED) is 0.647. The third kappa shape index (κ3) is 5.96. The van der Waals surface area contributed by atoms with E-state index in [1.807, 2.05) is 60.7 Å². The molecule has 3 heterocycles. The van der Waals surface area contributed by atoms with E-state index in [9.17, 15) is 19.2 Å². The SMILES string of the molecule is O=C1C[C@H](Cc2ccccc2)NCC(=O)[C@@H]2CCCN2C(=O)[C@@H]2CCCN2C(=O)[C@@H](Cc2ccccc2)N1. The van der Waals surface area contributed by atoms with Crippen molar-refractivity contribution in [3.05, 3.63) is 71.8 Å². The highest BCUT2D eigenvalue weighted by atomic mass is 16.2. The molecule has 2 aromatic rings. The van der Waals surface area contributed by atoms with Crippen molar-refractivity contribution < 1.29 is 19.2 Å². The fourth-order valence-corrected chi connectivity index (χ4v) is 6.05. The van der Waals surface area contributed by atoms with E-state index >= 15 is 0 Å². The molecule has 3 aliphatic heterocycles. The molecule has 4 atom stereocenters. The van der Waals surface area contributed by atoms with Gasteiger partial charge in [0, 0.05) is 32.0 Å². The maximum atomic E-state index is 13.9. The lowest BCUT2D eigenvalue weighted by Crippen LogP contribution is -2.57. The van der Waals surface area contributed by atoms with E-state index in [2.05, 4.69) is 10.6 Å². The van der Waals surface area contributed by atoms with E-state index in [4.69, 9.17) is 0 Å². The Labute approximate surface area is 223 Å². The van der Waals surface area contributed by atoms with Crippen molar-refractivity contribution >= 4 is 23.5 Å². The molecule has 5 rings (SSSR count). The fourth-order valence-electron chi connectivity index (χ4n) is 6.05. The molecule has 0 unspecified atom stereocenters. The lowest BCUT2D eigenvalue weighted by atomic mass is 10.00. The molecular weight excluding hydrogens is 480 g/mol. The number of benzene rings is 2. The molecule has 3 amide bonds. The van der Waals surface area contributed by atoms with Gasteiger partial charge >= 0.3 is 0 Å². The zero-order chi connectivity index (χ0) is 26.5. The summed E-state index contributed by atoms with van der Waals surface area (Å²) < 4.78 is 0. The normalized spacial score (nSPS) is 27.1. The Kier molecular flexibility index (Phi) is 8.17. The summed E-state index contributed by atoms with van der Waals surface area (Å²) in [6.07, 6.45) is 3.76. The largest absolute Gasteiger partial charge is 0.344 e. The summed E-state index contributed by atoms with van der Waals surface area (Å²) in [7, 11) is 0. The van der Waals surface area contributed by atoms with Crippen LogP contribution in [0.2, 0.25) is 0 Å². The minimum atomic E-state index is -0.769. The van der Waals surface area contributed by atoms with Crippen LogP contribution in [0, 0.1) is 0 Å². The second-order valence-corrected chi connectivity index (χ2v) is 10.6. The van der Waals surface area contributed by atoms with E-state index in [1.54, 1.807) is 9.80 Å². The summed E-state index contributed by atoms with van der Waals surface area (Å²) in [5, 5.41) is 6.30. The summed E-state index contributed by atoms with van der Waals surface area (Å²) >= 11 is 0. The number of nitrogens with one attached hydrogen (secondary N) is 2. The summed E-state index contributed by atoms with van der Waals surface area (Å²) in [6.45, 7) is 1.10. The Bertz CT molecular complexity index is 1160. The highest BCUT2D eigenvalue weighted by Gasteiger charge is 2.43. The first kappa shape index (κ1) is 26.1. The van der Waals surface area contributed by atoms with Gasteiger partial charge in [-0.15, -0.1) is 0 Å². The first-order valence-electron chi connectivity index (χ1n) is 13.7. The number of hydrogen-bond donors (Lipinski definition) is 2. The number of carbonyl (C=O) groups is 4. The molecule has 0 saturated carbocycles. The molecular formula is C30H36N4O4. The number of Topliss-reactive ketones (excluding diaryl/α,β-unsaturated/α-hetero) is 1. The summed E-state index contributed by atoms with van der Waals surface area (Å²) in [4.78, 5) is 57.5. The van der Waals surface area contributed by atoms with E-state index in [-0.39, 0.29) is 42.5 Å². The molecule has 0 spiro atoms. The van der Waals surface area contributed by atoms with Crippen LogP contribution in [0.5, 0.6) is 0 Å². The van der Waals surface area contributed by atoms with Gasteiger partial charge in [-0.25, -0.2) is 0 Å². The average Bonchev–Trinajstić information content (AvgIpc) is 3.62. The standard InChI is InChI=1S/C30H36N4O4/c35-27-20-31-23(17-21-9-3-1-4-10-21)19-28(36)32-24(18-22-11-5-2-6-12-22)29(37)34-16-8-14-26(34)30(38)33-15-7-13-25(27)33/h1-6,9-12,23-26,31H,7-8,13-20H2,(H,32,36)/t23-,24+,25-,26-/m0/s1. The summed E-state index contributed by atoms with van der Waals surface area (Å²) in [5.74, 6) is -0.662. The number of carbonyl (C=O) groups excluding carboxylic acids is 4. The van der Waals surface area contributed by atoms with E-state index in [1.165, 1.54) is 0 Å². The van der Waals surface area contributed by atoms with Crippen LogP contribution >= 0.6 is 0 Å². The Morgan fingerprint density at radius 3 is 1.95 bits per heavy atom. The number of hydrogen-bond acceptors (Lipinski definition) is 5. The molecule has 200 valence electrons. The summed E-state index contributed by atoms with van der Waals surface area (Å²) in [5.41, 5.74) is 2.00. The van der Waals surface area contributed by atoms with Gasteiger partial charge in [-0.3, -0.25) is 19.2 Å². The Hall–Kier alpha value is -3.52. The van der Waals surface area contributed by atoms with E-state index in [0.717, 1.165) is 24.0 Å². The molecule has 3 saturated heterocycles. The lowest BCUT2D eigenvalue weighted by molar-refractivity contribution is -0.147. The highest BCUT2D eigenvalue weighted by Crippen LogP contribution is 2.26. The Morgan fingerprint density at radius 1 is 0.711 bits per heavy atom. The van der Waals surface area contributed by atoms with Crippen molar-refractivity contribution in [1.82, 2.24) is 20.4 Å². The van der Waals surface area contributed by atoms with Gasteiger partial charge in [-0.05, 0) is 43.2 Å². The molecule has 3 aliphatic rings. The first-order chi connectivity index (χ1) is 18.5. The van der Waals surface area contributed by atoms with Gasteiger partial charge in [-0.2, -0.15) is 0 Å². The maximum absolute atomic E-state index is 13.9. The average molecular weight is 517 g/mol. The van der Waals surface area contributed by atoms with Gasteiger partial charge in [0.2, 0.25) is 17.7 Å². The molecule has 0 radical (unpaired) electrons. The van der Waals surface area contributed by atoms with E-state index in [0.29, 0.717) is 38.8 Å². The zero-order valence-electron chi connectivity index (χ0n) is 21.7. The van der Waals surface area contributed by atoms with Crippen LogP contribution in [-0.2, 0) is 32.0 Å². The second kappa shape index (κ2) is 11.9. The summed E-state index contributed by atoms with van der Waals surface area (Å²) in [6, 6.07) is 17.3. The minimum absolute atomic E-state index is 0.0378. The lowest BCUT2D eigenvalue weighted by Gasteiger charge is -2.34. The number of amides is 3. The van der Waals surface area contributed by atoms with Crippen LogP contribution in [0.1, 0.15) is 43.2 Å². The van der Waals surface area contributed by atoms with E-state index < -0.39 is 18.1 Å². The van der Waals surface area contributed by atoms with Crippen molar-refractivity contribution in [2.24, 2.45) is 0 Å². The third-order valence-corrected chi connectivity index (χ3v) is 7.97. The van der Waals surface area contributed by atoms with Gasteiger partial charge in [0.05, 0.1) is 12.6 Å². The smallest absolute Gasteiger partial charge is 0.246 e. The van der Waals surface area contributed by atoms with Crippen molar-refractivity contribution in [3.63, 3.8) is 0 Å². The molecule has 3 fully saturated rings. The van der Waals surface area contributed by atoms with Crippen LogP contribution in [0.4, 0.5) is 0 Å². The third-order valence-electron chi connectivity index (χ3n) is 7.97. The van der Waals surface area contributed by atoms with Crippen molar-refractivity contribution in [3.8, 4) is 0 Å². The Balaban J connectivity index is 1.44. The van der Waals surface area contributed by atoms with Crippen LogP contribution < -0.4 is 10.6 Å². The highest BCUT2D eigenvalue weighted by molar-refractivity contribution is 5.96. The second-order valence-electron chi connectivity index (χ2n) is 10.6. The van der Waals surface area contributed by atoms with Crippen LogP contribution in [0.15, 0.2) is 60.7 Å². The van der Waals surface area contributed by atoms with Crippen molar-refractivity contribution in [2.75, 3.05) is 19.6 Å². The number of rotatable bonds is 4. The molecule has 0 aromatic heterocycles.